The molecule has 0 fully saturated rings. The summed E-state index contributed by atoms with van der Waals surface area (Å²) in [4.78, 5) is 0. The minimum absolute atomic E-state index is 0.274. The maximum absolute atomic E-state index is 6.16. The molecule has 0 bridgehead atoms. The highest BCUT2D eigenvalue weighted by Crippen LogP contribution is 2.36. The van der Waals surface area contributed by atoms with Crippen LogP contribution in [0.1, 0.15) is 39.2 Å². The van der Waals surface area contributed by atoms with Gasteiger partial charge in [-0.2, -0.15) is 0 Å². The number of fused-ring (bicyclic) bond motifs is 1. The van der Waals surface area contributed by atoms with Crippen molar-refractivity contribution < 1.29 is 13.9 Å². The molecule has 3 nitrogen and oxygen atoms in total. The summed E-state index contributed by atoms with van der Waals surface area (Å²) >= 11 is 0. The molecule has 0 aromatic heterocycles. The lowest BCUT2D eigenvalue weighted by Crippen LogP contribution is -2.40. The van der Waals surface area contributed by atoms with Crippen LogP contribution in [0.15, 0.2) is 72.9 Å². The number of hydrogen-bond donors (Lipinski definition) is 0. The standard InChI is InChI=1S/C26H36O3Si/c1-26(2,3)30(4,5)29-20-16-14-12-10-8-6-7-9-11-13-15-17-23-18-19-24-25(21-23)28-22-27-24/h6-12,14-15,17-19,21H,13,16,20,22H2,1-5H3/b7-6-,10-8-,11-9-,14-12-,17-15+. The van der Waals surface area contributed by atoms with Gasteiger partial charge in [-0.15, -0.1) is 0 Å². The summed E-state index contributed by atoms with van der Waals surface area (Å²) in [5, 5.41) is 0.274. The Morgan fingerprint density at radius 2 is 1.57 bits per heavy atom. The molecule has 4 heteroatoms. The van der Waals surface area contributed by atoms with Crippen LogP contribution in [0.25, 0.3) is 6.08 Å². The lowest BCUT2D eigenvalue weighted by molar-refractivity contribution is 0.174. The molecule has 0 saturated carbocycles. The van der Waals surface area contributed by atoms with E-state index in [-0.39, 0.29) is 5.04 Å². The van der Waals surface area contributed by atoms with Crippen molar-refractivity contribution >= 4 is 14.4 Å². The molecule has 0 atom stereocenters. The van der Waals surface area contributed by atoms with E-state index in [1.165, 1.54) is 0 Å². The average Bonchev–Trinajstić information content (AvgIpc) is 3.15. The van der Waals surface area contributed by atoms with Gasteiger partial charge >= 0.3 is 0 Å². The van der Waals surface area contributed by atoms with E-state index in [0.29, 0.717) is 6.79 Å². The first-order chi connectivity index (χ1) is 14.3. The Labute approximate surface area is 183 Å². The maximum Gasteiger partial charge on any atom is 0.231 e. The van der Waals surface area contributed by atoms with Gasteiger partial charge in [-0.1, -0.05) is 87.6 Å². The quantitative estimate of drug-likeness (QED) is 0.222. The number of rotatable bonds is 10. The van der Waals surface area contributed by atoms with Gasteiger partial charge in [0.25, 0.3) is 0 Å². The van der Waals surface area contributed by atoms with Crippen LogP contribution in [0.4, 0.5) is 0 Å². The van der Waals surface area contributed by atoms with E-state index in [4.69, 9.17) is 13.9 Å². The first-order valence-corrected chi connectivity index (χ1v) is 13.6. The Balaban J connectivity index is 1.59. The fraction of sp³-hybridized carbons (Fsp3) is 0.385. The molecule has 1 aliphatic heterocycles. The fourth-order valence-corrected chi connectivity index (χ4v) is 3.55. The van der Waals surface area contributed by atoms with E-state index >= 15 is 0 Å². The minimum atomic E-state index is -1.61. The molecule has 0 unspecified atom stereocenters. The first kappa shape index (κ1) is 24.0. The third kappa shape index (κ3) is 8.21. The van der Waals surface area contributed by atoms with E-state index in [1.54, 1.807) is 0 Å². The SMILES string of the molecule is CC(C)(C)[Si](C)(C)OCC\C=C/C=C\C=C/C=C\C/C=C/c1ccc2c(c1)OCO2. The van der Waals surface area contributed by atoms with Crippen LogP contribution in [0.3, 0.4) is 0 Å². The van der Waals surface area contributed by atoms with E-state index < -0.39 is 8.32 Å². The molecule has 2 rings (SSSR count). The van der Waals surface area contributed by atoms with E-state index in [1.807, 2.05) is 36.4 Å². The Morgan fingerprint density at radius 3 is 2.30 bits per heavy atom. The van der Waals surface area contributed by atoms with Crippen molar-refractivity contribution in [2.75, 3.05) is 13.4 Å². The van der Waals surface area contributed by atoms with Gasteiger partial charge in [0.15, 0.2) is 19.8 Å². The predicted molar refractivity (Wildman–Crippen MR) is 131 cm³/mol. The van der Waals surface area contributed by atoms with Gasteiger partial charge < -0.3 is 13.9 Å². The molecule has 1 aromatic rings. The first-order valence-electron chi connectivity index (χ1n) is 10.6. The van der Waals surface area contributed by atoms with Gasteiger partial charge in [0.05, 0.1) is 0 Å². The third-order valence-corrected chi connectivity index (χ3v) is 9.90. The van der Waals surface area contributed by atoms with Crippen molar-refractivity contribution in [3.8, 4) is 11.5 Å². The summed E-state index contributed by atoms with van der Waals surface area (Å²) in [6.07, 6.45) is 22.7. The molecule has 30 heavy (non-hydrogen) atoms. The topological polar surface area (TPSA) is 27.7 Å². The number of hydrogen-bond acceptors (Lipinski definition) is 3. The summed E-state index contributed by atoms with van der Waals surface area (Å²) < 4.78 is 16.9. The van der Waals surface area contributed by atoms with Crippen LogP contribution in [0, 0.1) is 0 Å². The van der Waals surface area contributed by atoms with Crippen molar-refractivity contribution in [3.63, 3.8) is 0 Å². The van der Waals surface area contributed by atoms with Gasteiger partial charge in [0, 0.05) is 6.61 Å². The van der Waals surface area contributed by atoms with Gasteiger partial charge in [0.1, 0.15) is 0 Å². The Bertz CT molecular complexity index is 808. The summed E-state index contributed by atoms with van der Waals surface area (Å²) in [5.74, 6) is 1.64. The minimum Gasteiger partial charge on any atom is -0.454 e. The molecule has 0 aliphatic carbocycles. The molecule has 0 spiro atoms. The summed E-state index contributed by atoms with van der Waals surface area (Å²) in [5.41, 5.74) is 1.12. The van der Waals surface area contributed by atoms with Gasteiger partial charge in [0.2, 0.25) is 6.79 Å². The highest BCUT2D eigenvalue weighted by atomic mass is 28.4. The third-order valence-electron chi connectivity index (χ3n) is 5.36. The van der Waals surface area contributed by atoms with E-state index in [2.05, 4.69) is 76.4 Å². The van der Waals surface area contributed by atoms with Crippen LogP contribution in [0.5, 0.6) is 11.5 Å². The average molecular weight is 425 g/mol. The second-order valence-corrected chi connectivity index (χ2v) is 13.6. The zero-order chi connectivity index (χ0) is 21.9. The fourth-order valence-electron chi connectivity index (χ4n) is 2.49. The van der Waals surface area contributed by atoms with Crippen molar-refractivity contribution in [2.45, 2.75) is 51.7 Å². The maximum atomic E-state index is 6.16. The Morgan fingerprint density at radius 1 is 0.900 bits per heavy atom. The van der Waals surface area contributed by atoms with Crippen LogP contribution in [-0.2, 0) is 4.43 Å². The molecule has 1 aromatic carbocycles. The van der Waals surface area contributed by atoms with Gasteiger partial charge in [-0.05, 0) is 48.7 Å². The normalized spacial score (nSPS) is 15.1. The lowest BCUT2D eigenvalue weighted by Gasteiger charge is -2.36. The number of allylic oxidation sites excluding steroid dienone is 8. The van der Waals surface area contributed by atoms with Crippen molar-refractivity contribution in [1.29, 1.82) is 0 Å². The Kier molecular flexibility index (Phi) is 9.41. The summed E-state index contributed by atoms with van der Waals surface area (Å²) in [6.45, 7) is 12.5. The largest absolute Gasteiger partial charge is 0.454 e. The van der Waals surface area contributed by atoms with Crippen molar-refractivity contribution in [2.24, 2.45) is 0 Å². The second-order valence-electron chi connectivity index (χ2n) is 8.77. The summed E-state index contributed by atoms with van der Waals surface area (Å²) in [6, 6.07) is 5.98. The van der Waals surface area contributed by atoms with E-state index in [9.17, 15) is 0 Å². The summed E-state index contributed by atoms with van der Waals surface area (Å²) in [7, 11) is -1.61. The monoisotopic (exact) mass is 424 g/mol. The molecular weight excluding hydrogens is 388 g/mol. The van der Waals surface area contributed by atoms with Crippen LogP contribution >= 0.6 is 0 Å². The smallest absolute Gasteiger partial charge is 0.231 e. The molecule has 0 saturated heterocycles. The lowest BCUT2D eigenvalue weighted by atomic mass is 10.2. The second kappa shape index (κ2) is 11.8. The zero-order valence-electron chi connectivity index (χ0n) is 19.1. The molecular formula is C26H36O3Si. The zero-order valence-corrected chi connectivity index (χ0v) is 20.1. The van der Waals surface area contributed by atoms with Crippen molar-refractivity contribution in [3.05, 3.63) is 78.4 Å². The molecule has 1 aliphatic rings. The van der Waals surface area contributed by atoms with Gasteiger partial charge in [-0.25, -0.2) is 0 Å². The number of ether oxygens (including phenoxy) is 2. The molecule has 0 radical (unpaired) electrons. The number of benzene rings is 1. The molecule has 0 amide bonds. The molecule has 0 N–H and O–H groups in total. The highest BCUT2D eigenvalue weighted by molar-refractivity contribution is 6.74. The molecule has 162 valence electrons. The predicted octanol–water partition coefficient (Wildman–Crippen LogP) is 7.46. The van der Waals surface area contributed by atoms with Crippen LogP contribution < -0.4 is 9.47 Å². The van der Waals surface area contributed by atoms with E-state index in [0.717, 1.165) is 36.5 Å². The van der Waals surface area contributed by atoms with Crippen molar-refractivity contribution in [1.82, 2.24) is 0 Å². The Hall–Kier alpha value is -2.30. The highest BCUT2D eigenvalue weighted by Gasteiger charge is 2.36. The van der Waals surface area contributed by atoms with Crippen LogP contribution in [0.2, 0.25) is 18.1 Å². The molecule has 1 heterocycles. The van der Waals surface area contributed by atoms with Gasteiger partial charge in [-0.3, -0.25) is 0 Å². The van der Waals surface area contributed by atoms with Crippen LogP contribution in [-0.4, -0.2) is 21.7 Å².